The Balaban J connectivity index is 2.37. The maximum Gasteiger partial charge on any atom is 0.433 e. The minimum atomic E-state index is -0.790. The molecule has 2 aromatic rings. The summed E-state index contributed by atoms with van der Waals surface area (Å²) < 4.78 is 31.5. The highest BCUT2D eigenvalue weighted by Crippen LogP contribution is 2.35. The second-order valence-corrected chi connectivity index (χ2v) is 4.38. The van der Waals surface area contributed by atoms with E-state index in [2.05, 4.69) is 15.9 Å². The average molecular weight is 318 g/mol. The van der Waals surface area contributed by atoms with E-state index in [1.165, 1.54) is 6.07 Å². The Morgan fingerprint density at radius 2 is 2.00 bits per heavy atom. The molecule has 94 valence electrons. The van der Waals surface area contributed by atoms with Crippen molar-refractivity contribution in [1.82, 2.24) is 0 Å². The Hall–Kier alpha value is -1.76. The molecule has 0 saturated carbocycles. The number of alkyl halides is 1. The highest BCUT2D eigenvalue weighted by atomic mass is 79.9. The quantitative estimate of drug-likeness (QED) is 0.489. The number of nitrogens with zero attached hydrogens (tertiary/aromatic N) is 1. The Morgan fingerprint density at radius 3 is 2.61 bits per heavy atom. The molecule has 1 aromatic heterocycles. The Morgan fingerprint density at radius 1 is 1.28 bits per heavy atom. The Labute approximate surface area is 108 Å². The van der Waals surface area contributed by atoms with Crippen molar-refractivity contribution in [1.29, 1.82) is 0 Å². The van der Waals surface area contributed by atoms with Crippen molar-refractivity contribution < 1.29 is 18.1 Å². The molecule has 0 saturated heterocycles. The number of nitro groups is 1. The zero-order chi connectivity index (χ0) is 13.3. The van der Waals surface area contributed by atoms with Crippen LogP contribution in [0.3, 0.4) is 0 Å². The SMILES string of the molecule is O=[N+]([O-])c1ccc(C(Br)c2cc(F)ccc2F)o1. The van der Waals surface area contributed by atoms with Crippen LogP contribution in [0.15, 0.2) is 34.7 Å². The number of halogens is 3. The second kappa shape index (κ2) is 4.85. The minimum absolute atomic E-state index is 0.0132. The van der Waals surface area contributed by atoms with Gasteiger partial charge in [-0.1, -0.05) is 15.9 Å². The van der Waals surface area contributed by atoms with Gasteiger partial charge in [-0.2, -0.15) is 0 Å². The van der Waals surface area contributed by atoms with Gasteiger partial charge in [0.15, 0.2) is 0 Å². The van der Waals surface area contributed by atoms with Crippen LogP contribution in [0.25, 0.3) is 0 Å². The van der Waals surface area contributed by atoms with Crippen molar-refractivity contribution in [2.75, 3.05) is 0 Å². The fraction of sp³-hybridized carbons (Fsp3) is 0.0909. The third kappa shape index (κ3) is 2.40. The molecule has 18 heavy (non-hydrogen) atoms. The van der Waals surface area contributed by atoms with Gasteiger partial charge in [0.25, 0.3) is 0 Å². The molecule has 0 spiro atoms. The number of hydrogen-bond acceptors (Lipinski definition) is 3. The first-order chi connectivity index (χ1) is 8.49. The van der Waals surface area contributed by atoms with Gasteiger partial charge in [0.05, 0.1) is 6.07 Å². The molecule has 0 N–H and O–H groups in total. The molecule has 0 amide bonds. The first kappa shape index (κ1) is 12.7. The summed E-state index contributed by atoms with van der Waals surface area (Å²) >= 11 is 3.12. The summed E-state index contributed by atoms with van der Waals surface area (Å²) in [6.45, 7) is 0. The molecule has 4 nitrogen and oxygen atoms in total. The van der Waals surface area contributed by atoms with Crippen LogP contribution in [-0.2, 0) is 0 Å². The summed E-state index contributed by atoms with van der Waals surface area (Å²) in [6, 6.07) is 5.46. The molecule has 0 aliphatic heterocycles. The van der Waals surface area contributed by atoms with Crippen LogP contribution in [0.2, 0.25) is 0 Å². The van der Waals surface area contributed by atoms with Crippen LogP contribution in [0.5, 0.6) is 0 Å². The van der Waals surface area contributed by atoms with Crippen molar-refractivity contribution in [3.63, 3.8) is 0 Å². The Bertz CT molecular complexity index is 600. The predicted octanol–water partition coefficient (Wildman–Crippen LogP) is 3.95. The van der Waals surface area contributed by atoms with Gasteiger partial charge in [-0.3, -0.25) is 10.1 Å². The van der Waals surface area contributed by atoms with Gasteiger partial charge in [0.2, 0.25) is 0 Å². The molecule has 0 fully saturated rings. The number of rotatable bonds is 3. The van der Waals surface area contributed by atoms with Crippen LogP contribution in [-0.4, -0.2) is 4.92 Å². The monoisotopic (exact) mass is 317 g/mol. The minimum Gasteiger partial charge on any atom is -0.404 e. The maximum atomic E-state index is 13.5. The van der Waals surface area contributed by atoms with Crippen LogP contribution in [0.4, 0.5) is 14.7 Å². The van der Waals surface area contributed by atoms with Crippen LogP contribution in [0, 0.1) is 21.7 Å². The highest BCUT2D eigenvalue weighted by molar-refractivity contribution is 9.09. The van der Waals surface area contributed by atoms with E-state index in [1.807, 2.05) is 0 Å². The fourth-order valence-corrected chi connectivity index (χ4v) is 2.04. The fourth-order valence-electron chi connectivity index (χ4n) is 1.44. The van der Waals surface area contributed by atoms with Crippen LogP contribution < -0.4 is 0 Å². The summed E-state index contributed by atoms with van der Waals surface area (Å²) in [5.41, 5.74) is 0.0132. The van der Waals surface area contributed by atoms with E-state index in [4.69, 9.17) is 4.42 Å². The first-order valence-electron chi connectivity index (χ1n) is 4.82. The van der Waals surface area contributed by atoms with Gasteiger partial charge < -0.3 is 4.42 Å². The number of hydrogen-bond donors (Lipinski definition) is 0. The van der Waals surface area contributed by atoms with Crippen LogP contribution >= 0.6 is 15.9 Å². The lowest BCUT2D eigenvalue weighted by atomic mass is 10.1. The van der Waals surface area contributed by atoms with Gasteiger partial charge in [-0.05, 0) is 24.3 Å². The molecular formula is C11H6BrF2NO3. The first-order valence-corrected chi connectivity index (χ1v) is 5.73. The smallest absolute Gasteiger partial charge is 0.404 e. The largest absolute Gasteiger partial charge is 0.433 e. The molecule has 1 atom stereocenters. The lowest BCUT2D eigenvalue weighted by Crippen LogP contribution is -1.96. The lowest BCUT2D eigenvalue weighted by Gasteiger charge is -2.08. The molecule has 2 rings (SSSR count). The van der Waals surface area contributed by atoms with Gasteiger partial charge in [-0.15, -0.1) is 0 Å². The standard InChI is InChI=1S/C11H6BrF2NO3/c12-11(7-5-6(13)1-2-8(7)14)9-3-4-10(18-9)15(16)17/h1-5,11H. The molecule has 1 unspecified atom stereocenters. The summed E-state index contributed by atoms with van der Waals surface area (Å²) in [5.74, 6) is -1.55. The second-order valence-electron chi connectivity index (χ2n) is 3.46. The molecule has 7 heteroatoms. The number of benzene rings is 1. The van der Waals surface area contributed by atoms with Gasteiger partial charge in [-0.25, -0.2) is 8.78 Å². The Kier molecular flexibility index (Phi) is 3.42. The molecule has 0 aliphatic rings. The summed E-state index contributed by atoms with van der Waals surface area (Å²) in [7, 11) is 0. The molecule has 1 heterocycles. The molecule has 1 aromatic carbocycles. The predicted molar refractivity (Wildman–Crippen MR) is 62.5 cm³/mol. The molecule has 0 aliphatic carbocycles. The van der Waals surface area contributed by atoms with Crippen molar-refractivity contribution in [3.05, 3.63) is 63.4 Å². The third-order valence-electron chi connectivity index (χ3n) is 2.27. The summed E-state index contributed by atoms with van der Waals surface area (Å²) in [4.78, 5) is 8.96. The van der Waals surface area contributed by atoms with Crippen molar-refractivity contribution in [2.24, 2.45) is 0 Å². The number of furan rings is 1. The van der Waals surface area contributed by atoms with E-state index in [0.29, 0.717) is 0 Å². The topological polar surface area (TPSA) is 56.3 Å². The summed E-state index contributed by atoms with van der Waals surface area (Å²) in [5, 5.41) is 10.5. The van der Waals surface area contributed by atoms with E-state index >= 15 is 0 Å². The van der Waals surface area contributed by atoms with Crippen LogP contribution in [0.1, 0.15) is 16.2 Å². The van der Waals surface area contributed by atoms with E-state index < -0.39 is 27.3 Å². The van der Waals surface area contributed by atoms with E-state index in [1.54, 1.807) is 0 Å². The van der Waals surface area contributed by atoms with Gasteiger partial charge in [0, 0.05) is 5.56 Å². The van der Waals surface area contributed by atoms with E-state index in [0.717, 1.165) is 24.3 Å². The molecule has 0 radical (unpaired) electrons. The summed E-state index contributed by atoms with van der Waals surface area (Å²) in [6.07, 6.45) is 0. The average Bonchev–Trinajstić information content (AvgIpc) is 2.81. The van der Waals surface area contributed by atoms with Gasteiger partial charge >= 0.3 is 5.88 Å². The highest BCUT2D eigenvalue weighted by Gasteiger charge is 2.22. The lowest BCUT2D eigenvalue weighted by molar-refractivity contribution is -0.402. The maximum absolute atomic E-state index is 13.5. The van der Waals surface area contributed by atoms with Crippen molar-refractivity contribution in [3.8, 4) is 0 Å². The van der Waals surface area contributed by atoms with E-state index in [9.17, 15) is 18.9 Å². The normalized spacial score (nSPS) is 12.4. The molecular weight excluding hydrogens is 312 g/mol. The van der Waals surface area contributed by atoms with E-state index in [-0.39, 0.29) is 11.3 Å². The zero-order valence-corrected chi connectivity index (χ0v) is 10.4. The van der Waals surface area contributed by atoms with Crippen molar-refractivity contribution >= 4 is 21.8 Å². The zero-order valence-electron chi connectivity index (χ0n) is 8.77. The van der Waals surface area contributed by atoms with Crippen molar-refractivity contribution in [2.45, 2.75) is 4.83 Å². The van der Waals surface area contributed by atoms with Gasteiger partial charge in [0.1, 0.15) is 27.1 Å². The third-order valence-corrected chi connectivity index (χ3v) is 3.22. The molecule has 0 bridgehead atoms.